The van der Waals surface area contributed by atoms with Gasteiger partial charge in [0.2, 0.25) is 0 Å². The molecule has 0 spiro atoms. The van der Waals surface area contributed by atoms with E-state index in [1.165, 1.54) is 0 Å². The number of hydrogen-bond acceptors (Lipinski definition) is 5. The van der Waals surface area contributed by atoms with Crippen molar-refractivity contribution in [1.82, 2.24) is 0 Å². The maximum absolute atomic E-state index is 11.0. The van der Waals surface area contributed by atoms with Gasteiger partial charge < -0.3 is 9.47 Å². The quantitative estimate of drug-likeness (QED) is 0.365. The van der Waals surface area contributed by atoms with Gasteiger partial charge in [-0.25, -0.2) is 14.4 Å². The fourth-order valence-electron chi connectivity index (χ4n) is 0.903. The second kappa shape index (κ2) is 5.92. The minimum Gasteiger partial charge on any atom is -0.452 e. The highest BCUT2D eigenvalue weighted by Crippen LogP contribution is 2.01. The van der Waals surface area contributed by atoms with Crippen molar-refractivity contribution in [2.24, 2.45) is 0 Å². The Balaban J connectivity index is 2.41. The second-order valence-corrected chi connectivity index (χ2v) is 3.08. The molecule has 0 aliphatic carbocycles. The van der Waals surface area contributed by atoms with Crippen LogP contribution in [-0.2, 0) is 25.7 Å². The zero-order valence-corrected chi connectivity index (χ0v) is 8.98. The van der Waals surface area contributed by atoms with E-state index in [0.29, 0.717) is 0 Å². The van der Waals surface area contributed by atoms with Crippen LogP contribution in [0.3, 0.4) is 0 Å². The molecule has 84 valence electrons. The molecule has 0 radical (unpaired) electrons. The zero-order valence-electron chi connectivity index (χ0n) is 8.08. The monoisotopic (exact) mass is 240 g/mol. The lowest BCUT2D eigenvalue weighted by Gasteiger charge is -2.02. The van der Waals surface area contributed by atoms with Crippen molar-refractivity contribution in [2.75, 3.05) is 0 Å². The molecule has 1 aromatic carbocycles. The van der Waals surface area contributed by atoms with Gasteiger partial charge in [-0.1, -0.05) is 43.0 Å². The summed E-state index contributed by atoms with van der Waals surface area (Å²) in [6.07, 6.45) is 0. The minimum absolute atomic E-state index is 0.0600. The number of rotatable bonds is 2. The van der Waals surface area contributed by atoms with Crippen molar-refractivity contribution in [3.63, 3.8) is 0 Å². The topological polar surface area (TPSA) is 69.7 Å². The van der Waals surface area contributed by atoms with Gasteiger partial charge in [-0.3, -0.25) is 0 Å². The summed E-state index contributed by atoms with van der Waals surface area (Å²) < 4.78 is 8.50. The first-order valence-electron chi connectivity index (χ1n) is 4.25. The lowest BCUT2D eigenvalue weighted by atomic mass is 10.2. The number of benzene rings is 1. The van der Waals surface area contributed by atoms with Crippen LogP contribution >= 0.6 is 12.6 Å². The van der Waals surface area contributed by atoms with Crippen LogP contribution in [-0.4, -0.2) is 17.2 Å². The van der Waals surface area contributed by atoms with Crippen LogP contribution in [0.5, 0.6) is 0 Å². The molecule has 16 heavy (non-hydrogen) atoms. The largest absolute Gasteiger partial charge is 0.452 e. The molecule has 0 bridgehead atoms. The van der Waals surface area contributed by atoms with E-state index < -0.39 is 17.2 Å². The number of hydrogen-bond donors (Lipinski definition) is 1. The first-order chi connectivity index (χ1) is 7.59. The zero-order chi connectivity index (χ0) is 12.0. The summed E-state index contributed by atoms with van der Waals surface area (Å²) in [6, 6.07) is 8.78. The van der Waals surface area contributed by atoms with Crippen molar-refractivity contribution in [3.05, 3.63) is 35.9 Å². The van der Waals surface area contributed by atoms with E-state index in [1.807, 2.05) is 0 Å². The molecule has 1 aromatic rings. The average Bonchev–Trinajstić information content (AvgIpc) is 2.26. The SMILES string of the molecule is O=C(S)OC(=O)C(=O)OCc1ccccc1. The van der Waals surface area contributed by atoms with E-state index >= 15 is 0 Å². The number of esters is 2. The predicted molar refractivity (Wildman–Crippen MR) is 56.7 cm³/mol. The third kappa shape index (κ3) is 4.14. The number of carbonyl (C=O) groups is 3. The Morgan fingerprint density at radius 3 is 2.25 bits per heavy atom. The van der Waals surface area contributed by atoms with Crippen molar-refractivity contribution in [1.29, 1.82) is 0 Å². The van der Waals surface area contributed by atoms with Gasteiger partial charge in [0.1, 0.15) is 6.61 Å². The fraction of sp³-hybridized carbons (Fsp3) is 0.100. The summed E-state index contributed by atoms with van der Waals surface area (Å²) in [5.41, 5.74) is 0.723. The van der Waals surface area contributed by atoms with Gasteiger partial charge in [0, 0.05) is 0 Å². The summed E-state index contributed by atoms with van der Waals surface area (Å²) in [6.45, 7) is -0.0600. The van der Waals surface area contributed by atoms with Crippen molar-refractivity contribution < 1.29 is 23.9 Å². The molecular weight excluding hydrogens is 232 g/mol. The molecule has 0 N–H and O–H groups in total. The third-order valence-corrected chi connectivity index (χ3v) is 1.65. The number of carbonyl (C=O) groups excluding carboxylic acids is 3. The van der Waals surface area contributed by atoms with Gasteiger partial charge in [-0.2, -0.15) is 0 Å². The third-order valence-electron chi connectivity index (χ3n) is 1.56. The van der Waals surface area contributed by atoms with Gasteiger partial charge in [0.15, 0.2) is 0 Å². The molecule has 1 rings (SSSR count). The van der Waals surface area contributed by atoms with Gasteiger partial charge in [-0.15, -0.1) is 0 Å². The smallest absolute Gasteiger partial charge is 0.425 e. The molecule has 5 nitrogen and oxygen atoms in total. The minimum atomic E-state index is -1.38. The maximum atomic E-state index is 11.0. The maximum Gasteiger partial charge on any atom is 0.425 e. The molecule has 0 aliphatic heterocycles. The molecule has 0 aromatic heterocycles. The first kappa shape index (κ1) is 12.3. The van der Waals surface area contributed by atoms with Crippen LogP contribution in [0.2, 0.25) is 0 Å². The molecular formula is C10H8O5S. The van der Waals surface area contributed by atoms with Gasteiger partial charge in [0.05, 0.1) is 0 Å². The van der Waals surface area contributed by atoms with Crippen molar-refractivity contribution in [2.45, 2.75) is 6.61 Å². The lowest BCUT2D eigenvalue weighted by Crippen LogP contribution is -2.21. The Hall–Kier alpha value is -1.82. The Morgan fingerprint density at radius 1 is 1.06 bits per heavy atom. The molecule has 0 atom stereocenters. The predicted octanol–water partition coefficient (Wildman–Crippen LogP) is 1.32. The lowest BCUT2D eigenvalue weighted by molar-refractivity contribution is -0.164. The highest BCUT2D eigenvalue weighted by Gasteiger charge is 2.19. The van der Waals surface area contributed by atoms with E-state index in [0.717, 1.165) is 5.56 Å². The molecule has 0 amide bonds. The summed E-state index contributed by atoms with van der Waals surface area (Å²) in [7, 11) is 0. The van der Waals surface area contributed by atoms with E-state index in [4.69, 9.17) is 0 Å². The van der Waals surface area contributed by atoms with Crippen LogP contribution in [0, 0.1) is 0 Å². The van der Waals surface area contributed by atoms with Gasteiger partial charge in [0.25, 0.3) is 0 Å². The van der Waals surface area contributed by atoms with Gasteiger partial charge in [-0.05, 0) is 5.56 Å². The summed E-state index contributed by atoms with van der Waals surface area (Å²) in [5.74, 6) is -2.61. The van der Waals surface area contributed by atoms with Crippen LogP contribution in [0.15, 0.2) is 30.3 Å². The summed E-state index contributed by atoms with van der Waals surface area (Å²) in [4.78, 5) is 32.0. The Bertz CT molecular complexity index is 401. The molecule has 0 aliphatic rings. The molecule has 0 saturated carbocycles. The highest BCUT2D eigenvalue weighted by atomic mass is 32.1. The molecule has 0 saturated heterocycles. The summed E-state index contributed by atoms with van der Waals surface area (Å²) in [5, 5.41) is -1.15. The van der Waals surface area contributed by atoms with Crippen molar-refractivity contribution in [3.8, 4) is 0 Å². The molecule has 6 heteroatoms. The van der Waals surface area contributed by atoms with Crippen LogP contribution in [0.25, 0.3) is 0 Å². The second-order valence-electron chi connectivity index (χ2n) is 2.72. The fourth-order valence-corrected chi connectivity index (χ4v) is 0.986. The van der Waals surface area contributed by atoms with Crippen molar-refractivity contribution >= 4 is 29.9 Å². The highest BCUT2D eigenvalue weighted by molar-refractivity contribution is 7.96. The van der Waals surface area contributed by atoms with Crippen LogP contribution < -0.4 is 0 Å². The van der Waals surface area contributed by atoms with E-state index in [2.05, 4.69) is 22.1 Å². The average molecular weight is 240 g/mol. The van der Waals surface area contributed by atoms with Crippen LogP contribution in [0.4, 0.5) is 4.79 Å². The van der Waals surface area contributed by atoms with E-state index in [1.54, 1.807) is 30.3 Å². The van der Waals surface area contributed by atoms with E-state index in [-0.39, 0.29) is 6.61 Å². The first-order valence-corrected chi connectivity index (χ1v) is 4.70. The summed E-state index contributed by atoms with van der Waals surface area (Å²) >= 11 is 3.18. The normalized spacial score (nSPS) is 9.31. The molecule has 0 heterocycles. The molecule has 0 fully saturated rings. The number of ether oxygens (including phenoxy) is 2. The molecule has 0 unspecified atom stereocenters. The number of thiol groups is 1. The van der Waals surface area contributed by atoms with E-state index in [9.17, 15) is 14.4 Å². The van der Waals surface area contributed by atoms with Crippen LogP contribution in [0.1, 0.15) is 5.56 Å². The Labute approximate surface area is 96.8 Å². The Morgan fingerprint density at radius 2 is 1.69 bits per heavy atom. The van der Waals surface area contributed by atoms with Gasteiger partial charge >= 0.3 is 17.2 Å². The Kier molecular flexibility index (Phi) is 4.53. The standard InChI is InChI=1S/C10H8O5S/c11-8(9(12)15-10(13)16)14-6-7-4-2-1-3-5-7/h1-5H,6H2,(H,13,16).